The van der Waals surface area contributed by atoms with E-state index in [0.717, 1.165) is 47.1 Å². The van der Waals surface area contributed by atoms with Crippen molar-refractivity contribution in [2.75, 3.05) is 18.9 Å². The second-order valence-corrected chi connectivity index (χ2v) is 7.59. The quantitative estimate of drug-likeness (QED) is 0.471. The summed E-state index contributed by atoms with van der Waals surface area (Å²) in [6.07, 6.45) is 1.47. The number of carbonyl (C=O) groups is 1. The number of hydrogen-bond acceptors (Lipinski definition) is 5. The molecular weight excluding hydrogens is 370 g/mol. The maximum atomic E-state index is 10.5. The molecule has 0 aliphatic heterocycles. The summed E-state index contributed by atoms with van der Waals surface area (Å²) in [5.41, 5.74) is 8.81. The van der Waals surface area contributed by atoms with Gasteiger partial charge < -0.3 is 25.5 Å². The van der Waals surface area contributed by atoms with E-state index in [1.807, 2.05) is 18.2 Å². The lowest BCUT2D eigenvalue weighted by atomic mass is 10.1. The van der Waals surface area contributed by atoms with Crippen molar-refractivity contribution in [2.45, 2.75) is 46.6 Å². The highest BCUT2D eigenvalue weighted by atomic mass is 16.5. The Morgan fingerprint density at radius 3 is 2.83 bits per heavy atom. The molecule has 4 N–H and O–H groups in total. The molecule has 0 bridgehead atoms. The van der Waals surface area contributed by atoms with Gasteiger partial charge in [-0.1, -0.05) is 20.8 Å². The van der Waals surface area contributed by atoms with Crippen LogP contribution in [0.1, 0.15) is 39.4 Å². The fourth-order valence-corrected chi connectivity index (χ4v) is 3.46. The number of nitrogen functional groups attached to an aromatic ring is 1. The van der Waals surface area contributed by atoms with E-state index in [1.54, 1.807) is 0 Å². The first-order valence-corrected chi connectivity index (χ1v) is 10.1. The Hall–Kier alpha value is -3.03. The zero-order valence-corrected chi connectivity index (χ0v) is 17.2. The number of fused-ring (bicyclic) bond motifs is 3. The van der Waals surface area contributed by atoms with Crippen LogP contribution in [-0.4, -0.2) is 38.9 Å². The van der Waals surface area contributed by atoms with Gasteiger partial charge >= 0.3 is 6.09 Å². The highest BCUT2D eigenvalue weighted by Crippen LogP contribution is 2.31. The van der Waals surface area contributed by atoms with Crippen LogP contribution in [0.15, 0.2) is 18.2 Å². The third-order valence-electron chi connectivity index (χ3n) is 4.64. The number of aromatic nitrogens is 3. The Morgan fingerprint density at radius 1 is 1.34 bits per heavy atom. The van der Waals surface area contributed by atoms with Crippen molar-refractivity contribution in [3.8, 4) is 5.75 Å². The zero-order valence-electron chi connectivity index (χ0n) is 17.2. The number of imidazole rings is 1. The van der Waals surface area contributed by atoms with Crippen LogP contribution < -0.4 is 15.8 Å². The van der Waals surface area contributed by atoms with E-state index < -0.39 is 6.09 Å². The van der Waals surface area contributed by atoms with Gasteiger partial charge in [0.1, 0.15) is 17.1 Å². The highest BCUT2D eigenvalue weighted by Gasteiger charge is 2.18. The third-order valence-corrected chi connectivity index (χ3v) is 4.64. The Kier molecular flexibility index (Phi) is 6.41. The number of amides is 1. The monoisotopic (exact) mass is 399 g/mol. The van der Waals surface area contributed by atoms with Gasteiger partial charge in [-0.15, -0.1) is 0 Å². The Labute approximate surface area is 170 Å². The molecule has 29 heavy (non-hydrogen) atoms. The van der Waals surface area contributed by atoms with E-state index in [9.17, 15) is 4.79 Å². The van der Waals surface area contributed by atoms with E-state index in [2.05, 4.69) is 35.6 Å². The SMILES string of the molecule is CCCc1nc2c(N)nc3cc(OCCCNC(=O)O)ccc3c2n1CC(C)C. The van der Waals surface area contributed by atoms with Crippen molar-refractivity contribution in [2.24, 2.45) is 5.92 Å². The fraction of sp³-hybridized carbons (Fsp3) is 0.476. The lowest BCUT2D eigenvalue weighted by Gasteiger charge is -2.13. The molecule has 8 nitrogen and oxygen atoms in total. The van der Waals surface area contributed by atoms with Crippen molar-refractivity contribution >= 4 is 33.8 Å². The van der Waals surface area contributed by atoms with Crippen LogP contribution in [-0.2, 0) is 13.0 Å². The number of aryl methyl sites for hydroxylation is 1. The Morgan fingerprint density at radius 2 is 2.14 bits per heavy atom. The van der Waals surface area contributed by atoms with Gasteiger partial charge in [-0.3, -0.25) is 0 Å². The number of rotatable bonds is 9. The average Bonchev–Trinajstić information content (AvgIpc) is 3.00. The normalized spacial score (nSPS) is 11.4. The van der Waals surface area contributed by atoms with Crippen LogP contribution in [0.25, 0.3) is 21.9 Å². The molecule has 0 spiro atoms. The van der Waals surface area contributed by atoms with E-state index in [0.29, 0.717) is 37.1 Å². The van der Waals surface area contributed by atoms with Gasteiger partial charge in [0.15, 0.2) is 5.82 Å². The summed E-state index contributed by atoms with van der Waals surface area (Å²) in [5, 5.41) is 11.9. The van der Waals surface area contributed by atoms with Crippen molar-refractivity contribution in [1.82, 2.24) is 19.9 Å². The number of carboxylic acid groups (broad SMARTS) is 1. The van der Waals surface area contributed by atoms with E-state index in [4.69, 9.17) is 20.6 Å². The van der Waals surface area contributed by atoms with Crippen molar-refractivity contribution < 1.29 is 14.6 Å². The van der Waals surface area contributed by atoms with Crippen LogP contribution in [0.4, 0.5) is 10.6 Å². The smallest absolute Gasteiger partial charge is 0.404 e. The number of hydrogen-bond donors (Lipinski definition) is 3. The van der Waals surface area contributed by atoms with Gasteiger partial charge in [0.05, 0.1) is 17.6 Å². The molecular formula is C21H29N5O3. The van der Waals surface area contributed by atoms with Gasteiger partial charge in [-0.2, -0.15) is 0 Å². The Balaban J connectivity index is 1.95. The summed E-state index contributed by atoms with van der Waals surface area (Å²) in [6, 6.07) is 5.79. The first-order valence-electron chi connectivity index (χ1n) is 10.1. The molecule has 0 saturated heterocycles. The molecule has 2 heterocycles. The van der Waals surface area contributed by atoms with Crippen molar-refractivity contribution in [3.63, 3.8) is 0 Å². The predicted molar refractivity (Wildman–Crippen MR) is 114 cm³/mol. The number of ether oxygens (including phenoxy) is 1. The largest absolute Gasteiger partial charge is 0.493 e. The minimum absolute atomic E-state index is 0.351. The molecule has 0 aliphatic rings. The fourth-order valence-electron chi connectivity index (χ4n) is 3.46. The molecule has 1 aromatic carbocycles. The third kappa shape index (κ3) is 4.70. The molecule has 0 unspecified atom stereocenters. The van der Waals surface area contributed by atoms with Crippen molar-refractivity contribution in [3.05, 3.63) is 24.0 Å². The summed E-state index contributed by atoms with van der Waals surface area (Å²) in [5.74, 6) is 2.64. The second kappa shape index (κ2) is 8.98. The number of anilines is 1. The lowest BCUT2D eigenvalue weighted by Crippen LogP contribution is -2.23. The van der Waals surface area contributed by atoms with Crippen molar-refractivity contribution in [1.29, 1.82) is 0 Å². The van der Waals surface area contributed by atoms with Crippen LogP contribution in [0.5, 0.6) is 5.75 Å². The minimum atomic E-state index is -1.03. The second-order valence-electron chi connectivity index (χ2n) is 7.59. The summed E-state index contributed by atoms with van der Waals surface area (Å²) >= 11 is 0. The van der Waals surface area contributed by atoms with Gasteiger partial charge in [0.25, 0.3) is 0 Å². The number of benzene rings is 1. The molecule has 3 rings (SSSR count). The molecule has 2 aromatic heterocycles. The first-order chi connectivity index (χ1) is 13.9. The first kappa shape index (κ1) is 20.7. The van der Waals surface area contributed by atoms with Crippen LogP contribution in [0.3, 0.4) is 0 Å². The van der Waals surface area contributed by atoms with Gasteiger partial charge in [0, 0.05) is 31.0 Å². The maximum absolute atomic E-state index is 10.5. The predicted octanol–water partition coefficient (Wildman–Crippen LogP) is 3.81. The molecule has 156 valence electrons. The van der Waals surface area contributed by atoms with Crippen LogP contribution >= 0.6 is 0 Å². The molecule has 3 aromatic rings. The van der Waals surface area contributed by atoms with Crippen LogP contribution in [0, 0.1) is 5.92 Å². The zero-order chi connectivity index (χ0) is 21.0. The average molecular weight is 399 g/mol. The molecule has 8 heteroatoms. The number of nitrogens with zero attached hydrogens (tertiary/aromatic N) is 3. The summed E-state index contributed by atoms with van der Waals surface area (Å²) in [7, 11) is 0. The van der Waals surface area contributed by atoms with E-state index >= 15 is 0 Å². The number of nitrogens with two attached hydrogens (primary N) is 1. The Bertz CT molecular complexity index is 1010. The number of nitrogens with one attached hydrogen (secondary N) is 1. The minimum Gasteiger partial charge on any atom is -0.493 e. The van der Waals surface area contributed by atoms with E-state index in [-0.39, 0.29) is 0 Å². The maximum Gasteiger partial charge on any atom is 0.404 e. The molecule has 1 amide bonds. The number of pyridine rings is 1. The van der Waals surface area contributed by atoms with Gasteiger partial charge in [-0.05, 0) is 30.9 Å². The summed E-state index contributed by atoms with van der Waals surface area (Å²) in [6.45, 7) is 8.17. The highest BCUT2D eigenvalue weighted by molar-refractivity contribution is 6.06. The standard InChI is InChI=1S/C21H29N5O3/c1-4-6-17-25-18-19(26(17)12-13(2)3)15-8-7-14(11-16(15)24-20(18)22)29-10-5-9-23-21(27)28/h7-8,11,13,23H,4-6,9-10,12H2,1-3H3,(H2,22,24)(H,27,28). The molecule has 0 aliphatic carbocycles. The summed E-state index contributed by atoms with van der Waals surface area (Å²) in [4.78, 5) is 19.8. The lowest BCUT2D eigenvalue weighted by molar-refractivity contribution is 0.193. The summed E-state index contributed by atoms with van der Waals surface area (Å²) < 4.78 is 8.03. The molecule has 0 fully saturated rings. The van der Waals surface area contributed by atoms with Gasteiger partial charge in [-0.25, -0.2) is 14.8 Å². The van der Waals surface area contributed by atoms with Crippen LogP contribution in [0.2, 0.25) is 0 Å². The molecule has 0 saturated carbocycles. The van der Waals surface area contributed by atoms with E-state index in [1.165, 1.54) is 0 Å². The van der Waals surface area contributed by atoms with Gasteiger partial charge in [0.2, 0.25) is 0 Å². The molecule has 0 radical (unpaired) electrons. The topological polar surface area (TPSA) is 115 Å². The molecule has 0 atom stereocenters.